The van der Waals surface area contributed by atoms with Crippen LogP contribution in [0.1, 0.15) is 45.2 Å². The van der Waals surface area contributed by atoms with Crippen LogP contribution in [0.5, 0.6) is 0 Å². The topological polar surface area (TPSA) is 29.3 Å². The quantitative estimate of drug-likeness (QED) is 0.813. The average Bonchev–Trinajstić information content (AvgIpc) is 2.36. The Morgan fingerprint density at radius 3 is 2.53 bits per heavy atom. The van der Waals surface area contributed by atoms with Crippen molar-refractivity contribution in [3.05, 3.63) is 34.3 Å². The zero-order valence-electron chi connectivity index (χ0n) is 12.6. The van der Waals surface area contributed by atoms with Gasteiger partial charge in [0.1, 0.15) is 0 Å². The van der Waals surface area contributed by atoms with E-state index in [0.717, 1.165) is 23.4 Å². The van der Waals surface area contributed by atoms with Gasteiger partial charge >= 0.3 is 0 Å². The van der Waals surface area contributed by atoms with Gasteiger partial charge in [0.2, 0.25) is 0 Å². The molecule has 0 saturated heterocycles. The maximum Gasteiger partial charge on any atom is 0.0496 e. The van der Waals surface area contributed by atoms with Gasteiger partial charge in [0.25, 0.3) is 0 Å². The van der Waals surface area contributed by atoms with Gasteiger partial charge in [0, 0.05) is 16.6 Å². The molecule has 0 aromatic heterocycles. The van der Waals surface area contributed by atoms with E-state index in [9.17, 15) is 0 Å². The van der Waals surface area contributed by atoms with Crippen LogP contribution >= 0.6 is 15.9 Å². The lowest BCUT2D eigenvalue weighted by atomic mass is 9.96. The third-order valence-electron chi connectivity index (χ3n) is 3.60. The molecule has 0 aliphatic rings. The highest BCUT2D eigenvalue weighted by Gasteiger charge is 2.23. The van der Waals surface area contributed by atoms with Crippen LogP contribution in [0.15, 0.2) is 28.7 Å². The number of hydrogen-bond donors (Lipinski definition) is 1. The summed E-state index contributed by atoms with van der Waals surface area (Å²) in [5.41, 5.74) is 7.65. The second kappa shape index (κ2) is 8.03. The van der Waals surface area contributed by atoms with E-state index in [0.29, 0.717) is 6.04 Å². The first kappa shape index (κ1) is 16.7. The van der Waals surface area contributed by atoms with Gasteiger partial charge in [-0.15, -0.1) is 0 Å². The molecule has 0 aliphatic heterocycles. The fourth-order valence-corrected chi connectivity index (χ4v) is 2.76. The maximum atomic E-state index is 6.35. The molecule has 1 aromatic carbocycles. The van der Waals surface area contributed by atoms with Crippen LogP contribution in [0, 0.1) is 5.92 Å². The molecule has 2 nitrogen and oxygen atoms in total. The summed E-state index contributed by atoms with van der Waals surface area (Å²) in [5, 5.41) is 0. The Labute approximate surface area is 126 Å². The lowest BCUT2D eigenvalue weighted by molar-refractivity contribution is 0.199. The molecule has 0 saturated carbocycles. The highest BCUT2D eigenvalue weighted by atomic mass is 79.9. The minimum Gasteiger partial charge on any atom is -0.326 e. The van der Waals surface area contributed by atoms with Gasteiger partial charge in [0.05, 0.1) is 0 Å². The Morgan fingerprint density at radius 1 is 1.32 bits per heavy atom. The predicted molar refractivity (Wildman–Crippen MR) is 87.2 cm³/mol. The van der Waals surface area contributed by atoms with Crippen molar-refractivity contribution in [1.29, 1.82) is 0 Å². The van der Waals surface area contributed by atoms with Gasteiger partial charge in [-0.3, -0.25) is 4.90 Å². The van der Waals surface area contributed by atoms with E-state index in [1.165, 1.54) is 12.0 Å². The minimum atomic E-state index is 0.173. The van der Waals surface area contributed by atoms with E-state index < -0.39 is 0 Å². The Bertz CT molecular complexity index is 379. The monoisotopic (exact) mass is 326 g/mol. The first-order valence-corrected chi connectivity index (χ1v) is 7.96. The third kappa shape index (κ3) is 5.25. The van der Waals surface area contributed by atoms with Crippen LogP contribution in [0.3, 0.4) is 0 Å². The molecule has 0 bridgehead atoms. The molecule has 2 atom stereocenters. The van der Waals surface area contributed by atoms with Crippen LogP contribution in [0.25, 0.3) is 0 Å². The number of hydrogen-bond acceptors (Lipinski definition) is 2. The normalized spacial score (nSPS) is 14.9. The highest BCUT2D eigenvalue weighted by Crippen LogP contribution is 2.26. The predicted octanol–water partition coefficient (Wildman–Crippen LogP) is 4.21. The summed E-state index contributed by atoms with van der Waals surface area (Å²) in [7, 11) is 2.18. The van der Waals surface area contributed by atoms with Gasteiger partial charge in [-0.1, -0.05) is 48.8 Å². The first-order chi connectivity index (χ1) is 8.95. The molecule has 2 N–H and O–H groups in total. The Morgan fingerprint density at radius 2 is 2.00 bits per heavy atom. The van der Waals surface area contributed by atoms with Crippen molar-refractivity contribution in [1.82, 2.24) is 4.90 Å². The zero-order valence-corrected chi connectivity index (χ0v) is 14.2. The van der Waals surface area contributed by atoms with Crippen molar-refractivity contribution in [2.45, 2.75) is 45.7 Å². The van der Waals surface area contributed by atoms with E-state index in [2.05, 4.69) is 72.9 Å². The van der Waals surface area contributed by atoms with E-state index in [1.807, 2.05) is 0 Å². The van der Waals surface area contributed by atoms with Crippen LogP contribution < -0.4 is 5.73 Å². The Hall–Kier alpha value is -0.380. The fraction of sp³-hybridized carbons (Fsp3) is 0.625. The molecule has 2 unspecified atom stereocenters. The van der Waals surface area contributed by atoms with Crippen molar-refractivity contribution in [2.75, 3.05) is 13.6 Å². The van der Waals surface area contributed by atoms with Crippen LogP contribution in [-0.4, -0.2) is 24.5 Å². The minimum absolute atomic E-state index is 0.173. The number of nitrogens with two attached hydrogens (primary N) is 1. The van der Waals surface area contributed by atoms with E-state index in [1.54, 1.807) is 0 Å². The zero-order chi connectivity index (χ0) is 14.4. The third-order valence-corrected chi connectivity index (χ3v) is 4.09. The molecular weight excluding hydrogens is 300 g/mol. The molecule has 0 aliphatic carbocycles. The molecule has 0 heterocycles. The molecule has 1 aromatic rings. The van der Waals surface area contributed by atoms with Crippen molar-refractivity contribution in [2.24, 2.45) is 11.7 Å². The van der Waals surface area contributed by atoms with Crippen molar-refractivity contribution >= 4 is 15.9 Å². The van der Waals surface area contributed by atoms with Gasteiger partial charge in [-0.2, -0.15) is 0 Å². The standard InChI is InChI=1S/C16H27BrN2/c1-5-15(18)16(19(4)10-9-12(2)3)13-7-6-8-14(17)11-13/h6-8,11-12,15-16H,5,9-10,18H2,1-4H3. The van der Waals surface area contributed by atoms with Crippen LogP contribution in [0.4, 0.5) is 0 Å². The number of likely N-dealkylation sites (N-methyl/N-ethyl adjacent to an activating group) is 1. The molecule has 3 heteroatoms. The summed E-state index contributed by atoms with van der Waals surface area (Å²) in [6.45, 7) is 7.78. The van der Waals surface area contributed by atoms with Crippen LogP contribution in [0.2, 0.25) is 0 Å². The molecule has 0 radical (unpaired) electrons. The van der Waals surface area contributed by atoms with Gasteiger partial charge in [0.15, 0.2) is 0 Å². The summed E-state index contributed by atoms with van der Waals surface area (Å²) < 4.78 is 1.12. The van der Waals surface area contributed by atoms with E-state index in [-0.39, 0.29) is 6.04 Å². The average molecular weight is 327 g/mol. The van der Waals surface area contributed by atoms with Crippen molar-refractivity contribution < 1.29 is 0 Å². The lowest BCUT2D eigenvalue weighted by Crippen LogP contribution is -2.39. The molecule has 0 amide bonds. The number of rotatable bonds is 7. The second-order valence-electron chi connectivity index (χ2n) is 5.74. The molecule has 1 rings (SSSR count). The van der Waals surface area contributed by atoms with Gasteiger partial charge in [-0.05, 0) is 50.0 Å². The number of halogens is 1. The number of nitrogens with zero attached hydrogens (tertiary/aromatic N) is 1. The summed E-state index contributed by atoms with van der Waals surface area (Å²) >= 11 is 3.55. The second-order valence-corrected chi connectivity index (χ2v) is 6.65. The summed E-state index contributed by atoms with van der Waals surface area (Å²) in [6, 6.07) is 8.98. The smallest absolute Gasteiger partial charge is 0.0496 e. The summed E-state index contributed by atoms with van der Waals surface area (Å²) in [4.78, 5) is 2.40. The molecular formula is C16H27BrN2. The van der Waals surface area contributed by atoms with E-state index >= 15 is 0 Å². The van der Waals surface area contributed by atoms with Crippen LogP contribution in [-0.2, 0) is 0 Å². The Balaban J connectivity index is 2.88. The summed E-state index contributed by atoms with van der Waals surface area (Å²) in [5.74, 6) is 0.725. The van der Waals surface area contributed by atoms with E-state index in [4.69, 9.17) is 5.73 Å². The maximum absolute atomic E-state index is 6.35. The van der Waals surface area contributed by atoms with Gasteiger partial charge in [-0.25, -0.2) is 0 Å². The van der Waals surface area contributed by atoms with Crippen molar-refractivity contribution in [3.8, 4) is 0 Å². The molecule has 0 spiro atoms. The first-order valence-electron chi connectivity index (χ1n) is 7.17. The van der Waals surface area contributed by atoms with Crippen molar-refractivity contribution in [3.63, 3.8) is 0 Å². The molecule has 19 heavy (non-hydrogen) atoms. The largest absolute Gasteiger partial charge is 0.326 e. The van der Waals surface area contributed by atoms with Gasteiger partial charge < -0.3 is 5.73 Å². The molecule has 108 valence electrons. The summed E-state index contributed by atoms with van der Waals surface area (Å²) in [6.07, 6.45) is 2.20. The lowest BCUT2D eigenvalue weighted by Gasteiger charge is -2.33. The fourth-order valence-electron chi connectivity index (χ4n) is 2.34. The SMILES string of the molecule is CCC(N)C(c1cccc(Br)c1)N(C)CCC(C)C. The highest BCUT2D eigenvalue weighted by molar-refractivity contribution is 9.10. The number of benzene rings is 1. The Kier molecular flexibility index (Phi) is 7.05. The molecule has 0 fully saturated rings.